The van der Waals surface area contributed by atoms with Crippen LogP contribution in [-0.2, 0) is 92.0 Å². The number of esters is 1. The van der Waals surface area contributed by atoms with E-state index in [9.17, 15) is 65.8 Å². The minimum Gasteiger partial charge on any atom is -0.505 e. The van der Waals surface area contributed by atoms with Gasteiger partial charge in [0.2, 0.25) is 0 Å². The highest BCUT2D eigenvalue weighted by Crippen LogP contribution is 2.53. The zero-order chi connectivity index (χ0) is 102. The molecule has 4 aliphatic rings. The Morgan fingerprint density at radius 1 is 0.301 bits per heavy atom. The summed E-state index contributed by atoms with van der Waals surface area (Å²) in [5.74, 6) is 3.49. The van der Waals surface area contributed by atoms with E-state index < -0.39 is 67.1 Å². The summed E-state index contributed by atoms with van der Waals surface area (Å²) in [5, 5.41) is 28.9. The van der Waals surface area contributed by atoms with E-state index >= 15 is 0 Å². The molecular formula is C108H100F2N4O28S. The number of hydrogen-bond donors (Lipinski definition) is 4. The first kappa shape index (κ1) is 103. The number of aromatic nitrogens is 4. The molecule has 10 aromatic carbocycles. The van der Waals surface area contributed by atoms with Crippen LogP contribution in [0.5, 0.6) is 103 Å². The number of phenolic OH excluding ortho intramolecular Hbond substituents is 1. The van der Waals surface area contributed by atoms with Gasteiger partial charge in [-0.05, 0) is 206 Å². The first-order valence-electron chi connectivity index (χ1n) is 44.8. The number of carboxylic acids is 1. The van der Waals surface area contributed by atoms with E-state index in [1.165, 1.54) is 25.3 Å². The van der Waals surface area contributed by atoms with E-state index in [-0.39, 0.29) is 78.8 Å². The number of methoxy groups -OCH3 is 9. The number of aliphatic hydroxyl groups excluding tert-OH is 1. The topological polar surface area (TPSA) is 432 Å². The molecule has 740 valence electrons. The number of fused-ring (bicyclic) bond motifs is 4. The number of carbonyl (C=O) groups is 8. The summed E-state index contributed by atoms with van der Waals surface area (Å²) in [6, 6.07) is 56.8. The van der Waals surface area contributed by atoms with Gasteiger partial charge in [-0.15, -0.1) is 0 Å². The Balaban J connectivity index is 0.000000152. The smallest absolute Gasteiger partial charge is 0.446 e. The minimum atomic E-state index is -4.95. The Labute approximate surface area is 819 Å². The lowest BCUT2D eigenvalue weighted by Crippen LogP contribution is -2.29. The Morgan fingerprint density at radius 3 is 0.783 bits per heavy atom. The molecular weight excluding hydrogens is 1870 g/mol. The fourth-order valence-electron chi connectivity index (χ4n) is 16.3. The predicted octanol–water partition coefficient (Wildman–Crippen LogP) is 18.4. The molecule has 4 N–H and O–H groups in total. The van der Waals surface area contributed by atoms with E-state index in [0.29, 0.717) is 171 Å². The Morgan fingerprint density at radius 2 is 0.538 bits per heavy atom. The highest BCUT2D eigenvalue weighted by molar-refractivity contribution is 7.81. The van der Waals surface area contributed by atoms with Crippen LogP contribution in [0.4, 0.5) is 8.78 Å². The van der Waals surface area contributed by atoms with Crippen molar-refractivity contribution in [1.29, 1.82) is 0 Å². The molecule has 4 heterocycles. The van der Waals surface area contributed by atoms with E-state index in [1.54, 1.807) is 221 Å². The number of carbonyl (C=O) groups excluding carboxylic acids is 7. The second-order valence-corrected chi connectivity index (χ2v) is 34.9. The third-order valence-electron chi connectivity index (χ3n) is 25.0. The van der Waals surface area contributed by atoms with Crippen molar-refractivity contribution in [2.24, 2.45) is 21.7 Å². The number of aliphatic hydroxyl groups is 1. The number of phenols is 1. The van der Waals surface area contributed by atoms with Gasteiger partial charge in [-0.2, -0.15) is 8.42 Å². The first-order valence-corrected chi connectivity index (χ1v) is 46.2. The summed E-state index contributed by atoms with van der Waals surface area (Å²) in [7, 11) is 9.87. The fraction of sp³-hybridized carbons (Fsp3) is 0.259. The number of benzene rings is 10. The SMILES string of the molecule is CO.COC(=O)C1(C(=O)Cc2ccc(Oc3ccnc4cc(OC)c(OC)cc34)cc2)CC1.COc1cc2nccc(Oc3ccc(CC(=O)C4(C(=O)Cc5ccc(F)c(O)c5)CC4)cc3)c2cc1OC.COc1cc2nccc(Oc3ccc(CC(=O)C4(C(=O)Cc5ccc(F)c(OS(=O)(=O)O)c5)CC4)cc3)c2cc1OC.COc1cc2nccc(Oc3ccc(CC(=O)C4(C(=O)O)CC4)cc3)c2cc1OC. The van der Waals surface area contributed by atoms with Crippen LogP contribution in [0, 0.1) is 33.3 Å². The first-order chi connectivity index (χ1) is 68.8. The molecule has 4 fully saturated rings. The number of rotatable bonds is 38. The monoisotopic (exact) mass is 1970 g/mol. The van der Waals surface area contributed by atoms with Crippen molar-refractivity contribution in [3.8, 4) is 103 Å². The van der Waals surface area contributed by atoms with Crippen LogP contribution in [0.15, 0.2) is 231 Å². The van der Waals surface area contributed by atoms with Crippen molar-refractivity contribution >= 4 is 101 Å². The summed E-state index contributed by atoms with van der Waals surface area (Å²) >= 11 is 0. The number of halogens is 2. The number of pyridine rings is 4. The van der Waals surface area contributed by atoms with Crippen LogP contribution in [0.3, 0.4) is 0 Å². The van der Waals surface area contributed by atoms with E-state index in [2.05, 4.69) is 24.1 Å². The van der Waals surface area contributed by atoms with Gasteiger partial charge >= 0.3 is 22.3 Å². The largest absolute Gasteiger partial charge is 0.505 e. The van der Waals surface area contributed by atoms with Gasteiger partial charge in [-0.1, -0.05) is 60.7 Å². The van der Waals surface area contributed by atoms with Crippen LogP contribution < -0.4 is 61.0 Å². The molecule has 0 saturated heterocycles. The maximum atomic E-state index is 13.9. The Hall–Kier alpha value is -16.3. The molecule has 4 saturated carbocycles. The van der Waals surface area contributed by atoms with E-state index in [1.807, 2.05) is 30.3 Å². The number of ether oxygens (including phenoxy) is 13. The zero-order valence-corrected chi connectivity index (χ0v) is 80.2. The molecule has 0 spiro atoms. The van der Waals surface area contributed by atoms with E-state index in [4.69, 9.17) is 71.2 Å². The van der Waals surface area contributed by atoms with Crippen molar-refractivity contribution in [3.05, 3.63) is 276 Å². The van der Waals surface area contributed by atoms with Crippen molar-refractivity contribution in [1.82, 2.24) is 19.9 Å². The van der Waals surface area contributed by atoms with Gasteiger partial charge in [-0.3, -0.25) is 62.8 Å². The second kappa shape index (κ2) is 44.5. The number of Topliss-reactive ketones (excluding diaryl/α,β-unsaturated/α-hetero) is 6. The van der Waals surface area contributed by atoms with Crippen LogP contribution >= 0.6 is 0 Å². The number of carboxylic acid groups (broad SMARTS) is 1. The normalized spacial score (nSPS) is 13.7. The molecule has 0 radical (unpaired) electrons. The van der Waals surface area contributed by atoms with Crippen molar-refractivity contribution in [3.63, 3.8) is 0 Å². The average molecular weight is 1970 g/mol. The van der Waals surface area contributed by atoms with Gasteiger partial charge < -0.3 is 81.1 Å². The van der Waals surface area contributed by atoms with Gasteiger partial charge in [0.05, 0.1) is 96.9 Å². The molecule has 14 aromatic rings. The molecule has 0 atom stereocenters. The fourth-order valence-corrected chi connectivity index (χ4v) is 16.7. The maximum Gasteiger partial charge on any atom is 0.446 e. The van der Waals surface area contributed by atoms with Crippen LogP contribution in [0.25, 0.3) is 43.6 Å². The van der Waals surface area contributed by atoms with Gasteiger partial charge in [0.15, 0.2) is 104 Å². The van der Waals surface area contributed by atoms with Crippen molar-refractivity contribution in [2.45, 2.75) is 89.9 Å². The molecule has 4 aliphatic carbocycles. The standard InChI is InChI=1S/C30H26FNO9S.C30H26FNO6.C24H23NO6.C23H21NO6.CH4O/c1-38-26-16-21-23(17-27(26)39-2)32-12-9-24(21)40-20-6-3-18(4-7-20)14-28(33)30(10-11-30)29(34)15-19-5-8-22(31)25(13-19)41-42(35,36)37;1-36-26-16-21-23(17-27(26)37-2)32-12-9-25(21)38-20-6-3-18(4-7-20)14-28(34)30(10-11-30)29(35)15-19-5-8-22(31)24(33)13-19;1-28-20-13-17-18(14-21(20)29-2)25-11-8-19(17)31-16-6-4-15(5-7-16)12-22(26)24(9-10-24)23(27)30-3;1-28-19-12-16-17(13-20(19)29-2)24-10-7-18(16)30-15-5-3-14(4-6-15)11-21(25)23(8-9-23)22(26)27;1-2/h3-9,12-13,16-17H,10-11,14-15H2,1-2H3,(H,35,36,37);3-9,12-13,16-17,33H,10-11,14-15H2,1-2H3;4-8,11,13-14H,9-10,12H2,1-3H3;3-7,10,12-13H,8-9,11H2,1-2H3,(H,26,27);2H,1H3. The van der Waals surface area contributed by atoms with Crippen molar-refractivity contribution < 1.29 is 141 Å². The maximum absolute atomic E-state index is 13.9. The number of nitrogens with zero attached hydrogens (tertiary/aromatic N) is 4. The second-order valence-electron chi connectivity index (χ2n) is 33.9. The quantitative estimate of drug-likeness (QED) is 0.0159. The molecule has 4 aromatic heterocycles. The lowest BCUT2D eigenvalue weighted by atomic mass is 9.88. The third kappa shape index (κ3) is 23.7. The molecule has 18 rings (SSSR count). The van der Waals surface area contributed by atoms with Crippen molar-refractivity contribution in [2.75, 3.05) is 71.1 Å². The van der Waals surface area contributed by atoms with Gasteiger partial charge in [0.1, 0.15) is 56.8 Å². The summed E-state index contributed by atoms with van der Waals surface area (Å²) in [4.78, 5) is 118. The van der Waals surface area contributed by atoms with Crippen LogP contribution in [-0.4, -0.2) is 166 Å². The van der Waals surface area contributed by atoms with E-state index in [0.717, 1.165) is 69.1 Å². The Bertz CT molecular complexity index is 7280. The third-order valence-corrected chi connectivity index (χ3v) is 25.4. The number of aromatic hydroxyl groups is 1. The van der Waals surface area contributed by atoms with Gasteiger partial charge in [0.25, 0.3) is 0 Å². The molecule has 0 amide bonds. The van der Waals surface area contributed by atoms with Crippen LogP contribution in [0.1, 0.15) is 84.7 Å². The molecule has 0 bridgehead atoms. The minimum absolute atomic E-state index is 0.0249. The summed E-state index contributed by atoms with van der Waals surface area (Å²) in [6.45, 7) is 0. The summed E-state index contributed by atoms with van der Waals surface area (Å²) < 4.78 is 134. The van der Waals surface area contributed by atoms with Crippen LogP contribution in [0.2, 0.25) is 0 Å². The average Bonchev–Trinajstić information content (AvgIpc) is 1.62. The predicted molar refractivity (Wildman–Crippen MR) is 519 cm³/mol. The Kier molecular flexibility index (Phi) is 31.9. The molecule has 0 aliphatic heterocycles. The molecule has 32 nitrogen and oxygen atoms in total. The number of aliphatic carboxylic acids is 1. The van der Waals surface area contributed by atoms with Gasteiger partial charge in [-0.25, -0.2) is 8.78 Å². The summed E-state index contributed by atoms with van der Waals surface area (Å²) in [5.41, 5.74) is 2.27. The molecule has 143 heavy (non-hydrogen) atoms. The lowest BCUT2D eigenvalue weighted by Gasteiger charge is -2.14. The highest BCUT2D eigenvalue weighted by Gasteiger charge is 2.58. The molecule has 0 unspecified atom stereocenters. The molecule has 35 heteroatoms. The number of hydrogen-bond acceptors (Lipinski definition) is 30. The van der Waals surface area contributed by atoms with Gasteiger partial charge in [0, 0.05) is 116 Å². The lowest BCUT2D eigenvalue weighted by molar-refractivity contribution is -0.151. The number of ketones is 6. The summed E-state index contributed by atoms with van der Waals surface area (Å²) in [6.07, 6.45) is 10.5. The zero-order valence-electron chi connectivity index (χ0n) is 79.4. The highest BCUT2D eigenvalue weighted by atomic mass is 32.3.